The molecule has 0 amide bonds. The monoisotopic (exact) mass is 434 g/mol. The number of nitrogens with one attached hydrogen (secondary N) is 1. The number of aryl methyl sites for hydroxylation is 3. The van der Waals surface area contributed by atoms with E-state index in [9.17, 15) is 16.8 Å². The molecule has 0 aromatic heterocycles. The Bertz CT molecular complexity index is 1140. The zero-order valence-electron chi connectivity index (χ0n) is 16.5. The highest BCUT2D eigenvalue weighted by Gasteiger charge is 2.26. The first kappa shape index (κ1) is 20.2. The predicted octanol–water partition coefficient (Wildman–Crippen LogP) is 3.47. The van der Waals surface area contributed by atoms with Gasteiger partial charge in [0.2, 0.25) is 10.0 Å². The zero-order chi connectivity index (χ0) is 20.6. The van der Waals surface area contributed by atoms with Gasteiger partial charge in [0.1, 0.15) is 0 Å². The molecule has 0 saturated heterocycles. The maximum absolute atomic E-state index is 12.9. The Hall–Kier alpha value is -2.06. The molecule has 0 saturated carbocycles. The predicted molar refractivity (Wildman–Crippen MR) is 115 cm³/mol. The van der Waals surface area contributed by atoms with Crippen LogP contribution in [-0.4, -0.2) is 29.1 Å². The number of fused-ring (bicyclic) bond motifs is 2. The molecule has 0 spiro atoms. The summed E-state index contributed by atoms with van der Waals surface area (Å²) in [5.74, 6) is 0.0408. The lowest BCUT2D eigenvalue weighted by Gasteiger charge is -2.30. The number of hydrogen-bond acceptors (Lipinski definition) is 4. The van der Waals surface area contributed by atoms with Gasteiger partial charge in [-0.05, 0) is 92.5 Å². The molecule has 2 aromatic rings. The molecule has 0 atom stereocenters. The van der Waals surface area contributed by atoms with Gasteiger partial charge in [-0.15, -0.1) is 0 Å². The second-order valence-corrected chi connectivity index (χ2v) is 11.5. The highest BCUT2D eigenvalue weighted by Crippen LogP contribution is 2.33. The van der Waals surface area contributed by atoms with Gasteiger partial charge in [-0.1, -0.05) is 6.07 Å². The van der Waals surface area contributed by atoms with Crippen molar-refractivity contribution < 1.29 is 16.8 Å². The van der Waals surface area contributed by atoms with Crippen LogP contribution in [0, 0.1) is 0 Å². The number of nitrogens with zero attached hydrogens (tertiary/aromatic N) is 1. The molecule has 2 aromatic carbocycles. The fourth-order valence-electron chi connectivity index (χ4n) is 4.16. The van der Waals surface area contributed by atoms with E-state index in [1.165, 1.54) is 9.87 Å². The highest BCUT2D eigenvalue weighted by molar-refractivity contribution is 7.93. The Kier molecular flexibility index (Phi) is 5.33. The van der Waals surface area contributed by atoms with Gasteiger partial charge in [-0.25, -0.2) is 16.8 Å². The van der Waals surface area contributed by atoms with Gasteiger partial charge < -0.3 is 0 Å². The molecule has 0 unspecified atom stereocenters. The molecule has 8 heteroatoms. The quantitative estimate of drug-likeness (QED) is 0.781. The van der Waals surface area contributed by atoms with Crippen LogP contribution in [0.4, 0.5) is 11.4 Å². The molecule has 1 N–H and O–H groups in total. The summed E-state index contributed by atoms with van der Waals surface area (Å²) in [6.45, 7) is 2.09. The van der Waals surface area contributed by atoms with Crippen molar-refractivity contribution in [1.29, 1.82) is 0 Å². The molecule has 1 aliphatic carbocycles. The molecule has 156 valence electrons. The topological polar surface area (TPSA) is 83.6 Å². The Morgan fingerprint density at radius 2 is 1.59 bits per heavy atom. The highest BCUT2D eigenvalue weighted by atomic mass is 32.2. The molecule has 0 fully saturated rings. The van der Waals surface area contributed by atoms with Crippen LogP contribution < -0.4 is 9.03 Å². The van der Waals surface area contributed by atoms with E-state index in [0.29, 0.717) is 24.3 Å². The van der Waals surface area contributed by atoms with Gasteiger partial charge in [0.25, 0.3) is 10.0 Å². The van der Waals surface area contributed by atoms with Gasteiger partial charge >= 0.3 is 0 Å². The standard InChI is InChI=1S/C21H26N2O4S2/c1-2-28(24,25)23-13-5-8-18-14-19(10-12-21(18)23)22-29(26,27)20-11-9-16-6-3-4-7-17(16)15-20/h9-12,14-15,22H,2-8,13H2,1H3. The molecule has 29 heavy (non-hydrogen) atoms. The van der Waals surface area contributed by atoms with E-state index < -0.39 is 20.0 Å². The first-order valence-corrected chi connectivity index (χ1v) is 13.2. The third kappa shape index (κ3) is 4.00. The van der Waals surface area contributed by atoms with Crippen molar-refractivity contribution in [1.82, 2.24) is 0 Å². The maximum Gasteiger partial charge on any atom is 0.261 e. The first-order chi connectivity index (χ1) is 13.8. The molecule has 4 rings (SSSR count). The molecular weight excluding hydrogens is 408 g/mol. The number of anilines is 2. The molecule has 0 radical (unpaired) electrons. The van der Waals surface area contributed by atoms with E-state index in [2.05, 4.69) is 4.72 Å². The van der Waals surface area contributed by atoms with Crippen LogP contribution in [0.25, 0.3) is 0 Å². The maximum atomic E-state index is 12.9. The number of sulfonamides is 2. The Morgan fingerprint density at radius 1 is 0.862 bits per heavy atom. The number of rotatable bonds is 5. The number of benzene rings is 2. The zero-order valence-corrected chi connectivity index (χ0v) is 18.2. The smallest absolute Gasteiger partial charge is 0.261 e. The van der Waals surface area contributed by atoms with E-state index in [1.54, 1.807) is 37.3 Å². The fourth-order valence-corrected chi connectivity index (χ4v) is 6.46. The van der Waals surface area contributed by atoms with Crippen molar-refractivity contribution in [3.63, 3.8) is 0 Å². The molecule has 0 bridgehead atoms. The Balaban J connectivity index is 1.62. The van der Waals surface area contributed by atoms with Crippen LogP contribution >= 0.6 is 0 Å². The fraction of sp³-hybridized carbons (Fsp3) is 0.429. The van der Waals surface area contributed by atoms with Gasteiger partial charge in [0.15, 0.2) is 0 Å². The summed E-state index contributed by atoms with van der Waals surface area (Å²) in [4.78, 5) is 0.269. The van der Waals surface area contributed by atoms with E-state index in [-0.39, 0.29) is 10.6 Å². The minimum absolute atomic E-state index is 0.0408. The number of hydrogen-bond donors (Lipinski definition) is 1. The van der Waals surface area contributed by atoms with Crippen LogP contribution in [0.2, 0.25) is 0 Å². The van der Waals surface area contributed by atoms with Gasteiger partial charge in [0, 0.05) is 12.2 Å². The van der Waals surface area contributed by atoms with E-state index in [4.69, 9.17) is 0 Å². The summed E-state index contributed by atoms with van der Waals surface area (Å²) in [5, 5.41) is 0. The molecule has 1 heterocycles. The lowest BCUT2D eigenvalue weighted by Crippen LogP contribution is -2.36. The minimum atomic E-state index is -3.70. The second kappa shape index (κ2) is 7.65. The van der Waals surface area contributed by atoms with Crippen molar-refractivity contribution in [3.8, 4) is 0 Å². The Labute approximate surface area is 173 Å². The molecule has 6 nitrogen and oxygen atoms in total. The van der Waals surface area contributed by atoms with E-state index in [1.807, 2.05) is 6.07 Å². The first-order valence-electron chi connectivity index (χ1n) is 10.1. The summed E-state index contributed by atoms with van der Waals surface area (Å²) in [5.41, 5.74) is 4.30. The largest absolute Gasteiger partial charge is 0.280 e. The minimum Gasteiger partial charge on any atom is -0.280 e. The van der Waals surface area contributed by atoms with Crippen LogP contribution in [0.15, 0.2) is 41.3 Å². The van der Waals surface area contributed by atoms with Crippen LogP contribution in [0.5, 0.6) is 0 Å². The summed E-state index contributed by atoms with van der Waals surface area (Å²) in [6.07, 6.45) is 5.60. The third-order valence-electron chi connectivity index (χ3n) is 5.74. The lowest BCUT2D eigenvalue weighted by atomic mass is 9.92. The van der Waals surface area contributed by atoms with Crippen molar-refractivity contribution in [3.05, 3.63) is 53.1 Å². The summed E-state index contributed by atoms with van der Waals surface area (Å²) < 4.78 is 54.6. The summed E-state index contributed by atoms with van der Waals surface area (Å²) in [7, 11) is -7.04. The third-order valence-corrected chi connectivity index (χ3v) is 8.90. The van der Waals surface area contributed by atoms with Crippen molar-refractivity contribution in [2.45, 2.75) is 50.3 Å². The Morgan fingerprint density at radius 3 is 2.34 bits per heavy atom. The molecule has 1 aliphatic heterocycles. The van der Waals surface area contributed by atoms with E-state index >= 15 is 0 Å². The average Bonchev–Trinajstić information content (AvgIpc) is 2.72. The second-order valence-electron chi connectivity index (χ2n) is 7.66. The normalized spacial score (nSPS) is 16.8. The van der Waals surface area contributed by atoms with Crippen molar-refractivity contribution in [2.75, 3.05) is 21.3 Å². The van der Waals surface area contributed by atoms with Crippen molar-refractivity contribution >= 4 is 31.4 Å². The lowest BCUT2D eigenvalue weighted by molar-refractivity contribution is 0.587. The SMILES string of the molecule is CCS(=O)(=O)N1CCCc2cc(NS(=O)(=O)c3ccc4c(c3)CCCC4)ccc21. The van der Waals surface area contributed by atoms with Crippen molar-refractivity contribution in [2.24, 2.45) is 0 Å². The van der Waals surface area contributed by atoms with Crippen LogP contribution in [-0.2, 0) is 39.3 Å². The van der Waals surface area contributed by atoms with Gasteiger partial charge in [-0.3, -0.25) is 9.03 Å². The van der Waals surface area contributed by atoms with Gasteiger partial charge in [-0.2, -0.15) is 0 Å². The summed E-state index contributed by atoms with van der Waals surface area (Å²) >= 11 is 0. The average molecular weight is 435 g/mol. The van der Waals surface area contributed by atoms with E-state index in [0.717, 1.165) is 43.2 Å². The van der Waals surface area contributed by atoms with Gasteiger partial charge in [0.05, 0.1) is 16.3 Å². The molecular formula is C21H26N2O4S2. The molecule has 2 aliphatic rings. The van der Waals surface area contributed by atoms with Crippen LogP contribution in [0.1, 0.15) is 42.9 Å². The summed E-state index contributed by atoms with van der Waals surface area (Å²) in [6, 6.07) is 10.5. The van der Waals surface area contributed by atoms with Crippen LogP contribution in [0.3, 0.4) is 0 Å².